The van der Waals surface area contributed by atoms with Crippen LogP contribution in [-0.2, 0) is 11.2 Å². The molecule has 23 heavy (non-hydrogen) atoms. The smallest absolute Gasteiger partial charge is 0.303 e. The van der Waals surface area contributed by atoms with Gasteiger partial charge >= 0.3 is 5.97 Å². The highest BCUT2D eigenvalue weighted by Crippen LogP contribution is 2.17. The normalized spacial score (nSPS) is 11.1. The largest absolute Gasteiger partial charge is 0.481 e. The number of aryl methyl sites for hydroxylation is 2. The summed E-state index contributed by atoms with van der Waals surface area (Å²) in [5.41, 5.74) is 2.65. The van der Waals surface area contributed by atoms with Gasteiger partial charge in [-0.25, -0.2) is 4.98 Å². The zero-order chi connectivity index (χ0) is 17.0. The summed E-state index contributed by atoms with van der Waals surface area (Å²) >= 11 is 5.92. The molecule has 120 valence electrons. The van der Waals surface area contributed by atoms with E-state index in [1.54, 1.807) is 19.1 Å². The van der Waals surface area contributed by atoms with E-state index in [0.717, 1.165) is 11.1 Å². The Balaban J connectivity index is 2.26. The molecule has 0 saturated carbocycles. The molecule has 0 unspecified atom stereocenters. The number of benzene rings is 1. The van der Waals surface area contributed by atoms with Crippen LogP contribution in [-0.4, -0.2) is 21.0 Å². The Morgan fingerprint density at radius 3 is 2.70 bits per heavy atom. The number of nitrogens with one attached hydrogen (secondary N) is 1. The number of H-pyrrole nitrogens is 1. The molecule has 0 fully saturated rings. The monoisotopic (exact) mass is 332 g/mol. The lowest BCUT2D eigenvalue weighted by Gasteiger charge is -2.04. The number of carbonyl (C=O) groups is 1. The van der Waals surface area contributed by atoms with Crippen molar-refractivity contribution in [3.8, 4) is 0 Å². The van der Waals surface area contributed by atoms with Crippen LogP contribution in [0.1, 0.15) is 34.6 Å². The van der Waals surface area contributed by atoms with E-state index in [-0.39, 0.29) is 18.4 Å². The Morgan fingerprint density at radius 1 is 1.35 bits per heavy atom. The number of nitrogens with zero attached hydrogens (tertiary/aromatic N) is 1. The van der Waals surface area contributed by atoms with Crippen molar-refractivity contribution in [1.29, 1.82) is 0 Å². The molecule has 0 aliphatic rings. The van der Waals surface area contributed by atoms with Gasteiger partial charge in [-0.2, -0.15) is 0 Å². The average Bonchev–Trinajstić information content (AvgIpc) is 2.45. The molecule has 1 heterocycles. The molecular weight excluding hydrogens is 316 g/mol. The number of aromatic nitrogens is 2. The first-order chi connectivity index (χ1) is 10.9. The minimum Gasteiger partial charge on any atom is -0.481 e. The Bertz CT molecular complexity index is 825. The van der Waals surface area contributed by atoms with Crippen molar-refractivity contribution in [3.63, 3.8) is 0 Å². The van der Waals surface area contributed by atoms with Crippen LogP contribution in [0.3, 0.4) is 0 Å². The number of aromatic amines is 1. The maximum absolute atomic E-state index is 12.1. The summed E-state index contributed by atoms with van der Waals surface area (Å²) < 4.78 is 0. The number of aliphatic carboxylic acids is 1. The van der Waals surface area contributed by atoms with Gasteiger partial charge in [-0.3, -0.25) is 9.59 Å². The van der Waals surface area contributed by atoms with Crippen LogP contribution < -0.4 is 5.56 Å². The van der Waals surface area contributed by atoms with Crippen LogP contribution in [0.25, 0.3) is 12.2 Å². The van der Waals surface area contributed by atoms with Crippen molar-refractivity contribution in [2.75, 3.05) is 0 Å². The Morgan fingerprint density at radius 2 is 2.09 bits per heavy atom. The van der Waals surface area contributed by atoms with Crippen LogP contribution >= 0.6 is 11.6 Å². The molecule has 0 spiro atoms. The lowest BCUT2D eigenvalue weighted by molar-refractivity contribution is -0.136. The maximum atomic E-state index is 12.1. The highest BCUT2D eigenvalue weighted by Gasteiger charge is 2.09. The van der Waals surface area contributed by atoms with Crippen molar-refractivity contribution in [2.24, 2.45) is 0 Å². The molecule has 0 saturated heterocycles. The van der Waals surface area contributed by atoms with E-state index >= 15 is 0 Å². The first-order valence-corrected chi connectivity index (χ1v) is 7.50. The standard InChI is InChI=1S/C17H17ClN2O3/c1-10-9-13(18)5-3-12(10)4-7-15-19-11(2)14(17(23)20-15)6-8-16(21)22/h3-5,7,9H,6,8H2,1-2H3,(H,21,22)(H,19,20,23). The number of carboxylic acids is 1. The molecular formula is C17H17ClN2O3. The average molecular weight is 333 g/mol. The van der Waals surface area contributed by atoms with E-state index in [2.05, 4.69) is 9.97 Å². The van der Waals surface area contributed by atoms with E-state index in [4.69, 9.17) is 16.7 Å². The zero-order valence-corrected chi connectivity index (χ0v) is 13.6. The van der Waals surface area contributed by atoms with Gasteiger partial charge in [0.15, 0.2) is 0 Å². The predicted octanol–water partition coefficient (Wildman–Crippen LogP) is 3.23. The SMILES string of the molecule is Cc1cc(Cl)ccc1C=Cc1nc(C)c(CCC(=O)O)c(=O)[nH]1. The third-order valence-corrected chi connectivity index (χ3v) is 3.72. The van der Waals surface area contributed by atoms with Gasteiger partial charge in [-0.05, 0) is 49.6 Å². The van der Waals surface area contributed by atoms with Gasteiger partial charge in [0, 0.05) is 22.7 Å². The maximum Gasteiger partial charge on any atom is 0.303 e. The Labute approximate surface area is 138 Å². The zero-order valence-electron chi connectivity index (χ0n) is 12.9. The minimum absolute atomic E-state index is 0.0925. The molecule has 1 aromatic heterocycles. The van der Waals surface area contributed by atoms with Crippen molar-refractivity contribution in [2.45, 2.75) is 26.7 Å². The molecule has 2 rings (SSSR count). The van der Waals surface area contributed by atoms with Gasteiger partial charge in [0.25, 0.3) is 5.56 Å². The molecule has 1 aromatic carbocycles. The van der Waals surface area contributed by atoms with Crippen LogP contribution in [0.2, 0.25) is 5.02 Å². The van der Waals surface area contributed by atoms with Gasteiger partial charge in [0.1, 0.15) is 5.82 Å². The second-order valence-corrected chi connectivity index (χ2v) is 5.68. The van der Waals surface area contributed by atoms with Crippen LogP contribution in [0.5, 0.6) is 0 Å². The number of rotatable bonds is 5. The third-order valence-electron chi connectivity index (χ3n) is 3.48. The molecule has 0 radical (unpaired) electrons. The Kier molecular flexibility index (Phi) is 5.34. The topological polar surface area (TPSA) is 83.0 Å². The fourth-order valence-electron chi connectivity index (χ4n) is 2.23. The summed E-state index contributed by atoms with van der Waals surface area (Å²) in [5.74, 6) is -0.507. The lowest BCUT2D eigenvalue weighted by atomic mass is 10.1. The first-order valence-electron chi connectivity index (χ1n) is 7.12. The van der Waals surface area contributed by atoms with Crippen LogP contribution in [0.15, 0.2) is 23.0 Å². The molecule has 0 bridgehead atoms. The summed E-state index contributed by atoms with van der Waals surface area (Å²) in [5, 5.41) is 9.38. The number of hydrogen-bond donors (Lipinski definition) is 2. The van der Waals surface area contributed by atoms with Crippen LogP contribution in [0, 0.1) is 13.8 Å². The molecule has 6 heteroatoms. The number of hydrogen-bond acceptors (Lipinski definition) is 3. The first kappa shape index (κ1) is 17.0. The van der Waals surface area contributed by atoms with Crippen LogP contribution in [0.4, 0.5) is 0 Å². The van der Waals surface area contributed by atoms with E-state index in [9.17, 15) is 9.59 Å². The molecule has 0 aliphatic carbocycles. The molecule has 0 aliphatic heterocycles. The lowest BCUT2D eigenvalue weighted by Crippen LogP contribution is -2.18. The van der Waals surface area contributed by atoms with Crippen molar-refractivity contribution >= 4 is 29.7 Å². The minimum atomic E-state index is -0.939. The quantitative estimate of drug-likeness (QED) is 0.880. The van der Waals surface area contributed by atoms with Gasteiger partial charge in [0.2, 0.25) is 0 Å². The van der Waals surface area contributed by atoms with Crippen molar-refractivity contribution in [1.82, 2.24) is 9.97 Å². The number of halogens is 1. The van der Waals surface area contributed by atoms with E-state index in [1.165, 1.54) is 0 Å². The molecule has 5 nitrogen and oxygen atoms in total. The summed E-state index contributed by atoms with van der Waals surface area (Å²) in [6.07, 6.45) is 3.64. The summed E-state index contributed by atoms with van der Waals surface area (Å²) in [4.78, 5) is 29.7. The van der Waals surface area contributed by atoms with E-state index in [1.807, 2.05) is 25.1 Å². The highest BCUT2D eigenvalue weighted by molar-refractivity contribution is 6.30. The summed E-state index contributed by atoms with van der Waals surface area (Å²) in [7, 11) is 0. The van der Waals surface area contributed by atoms with Gasteiger partial charge in [-0.1, -0.05) is 23.7 Å². The van der Waals surface area contributed by atoms with Gasteiger partial charge in [-0.15, -0.1) is 0 Å². The predicted molar refractivity (Wildman–Crippen MR) is 90.7 cm³/mol. The fourth-order valence-corrected chi connectivity index (χ4v) is 2.46. The van der Waals surface area contributed by atoms with Gasteiger partial charge < -0.3 is 10.1 Å². The summed E-state index contributed by atoms with van der Waals surface area (Å²) in [6, 6.07) is 5.54. The third kappa shape index (κ3) is 4.53. The summed E-state index contributed by atoms with van der Waals surface area (Å²) in [6.45, 7) is 3.65. The van der Waals surface area contributed by atoms with E-state index < -0.39 is 5.97 Å². The number of carboxylic acid groups (broad SMARTS) is 1. The molecule has 0 amide bonds. The van der Waals surface area contributed by atoms with E-state index in [0.29, 0.717) is 22.1 Å². The second-order valence-electron chi connectivity index (χ2n) is 5.24. The molecule has 2 N–H and O–H groups in total. The highest BCUT2D eigenvalue weighted by atomic mass is 35.5. The molecule has 0 atom stereocenters. The van der Waals surface area contributed by atoms with Crippen molar-refractivity contribution < 1.29 is 9.90 Å². The second kappa shape index (κ2) is 7.24. The Hall–Kier alpha value is -2.40. The fraction of sp³-hybridized carbons (Fsp3) is 0.235. The van der Waals surface area contributed by atoms with Crippen molar-refractivity contribution in [3.05, 3.63) is 61.8 Å². The molecule has 2 aromatic rings. The van der Waals surface area contributed by atoms with Gasteiger partial charge in [0.05, 0.1) is 0 Å².